The van der Waals surface area contributed by atoms with Crippen LogP contribution >= 0.6 is 0 Å². The van der Waals surface area contributed by atoms with E-state index in [4.69, 9.17) is 0 Å². The van der Waals surface area contributed by atoms with Crippen molar-refractivity contribution in [1.82, 2.24) is 0 Å². The Bertz CT molecular complexity index is 241. The third-order valence-electron chi connectivity index (χ3n) is 2.42. The Morgan fingerprint density at radius 3 is 1.88 bits per heavy atom. The van der Waals surface area contributed by atoms with Crippen molar-refractivity contribution in [2.45, 2.75) is 51.9 Å². The van der Waals surface area contributed by atoms with Gasteiger partial charge in [-0.3, -0.25) is 0 Å². The zero-order valence-electron chi connectivity index (χ0n) is 11.3. The number of rotatable bonds is 10. The second kappa shape index (κ2) is 15.0. The first-order chi connectivity index (χ1) is 8.41. The number of hydrogen-bond acceptors (Lipinski definition) is 0. The molecule has 1 radical (unpaired) electrons. The van der Waals surface area contributed by atoms with Gasteiger partial charge in [-0.1, -0.05) is 81.7 Å². The van der Waals surface area contributed by atoms with Crippen LogP contribution in [0.2, 0.25) is 0 Å². The van der Waals surface area contributed by atoms with Gasteiger partial charge in [0.25, 0.3) is 0 Å². The van der Waals surface area contributed by atoms with Crippen LogP contribution in [-0.2, 0) is 0 Å². The first-order valence-corrected chi connectivity index (χ1v) is 6.86. The molecule has 95 valence electrons. The number of allylic oxidation sites excluding steroid dienone is 8. The van der Waals surface area contributed by atoms with Gasteiger partial charge in [0, 0.05) is 0 Å². The van der Waals surface area contributed by atoms with Gasteiger partial charge in [0.1, 0.15) is 0 Å². The summed E-state index contributed by atoms with van der Waals surface area (Å²) in [5.74, 6) is 0. The van der Waals surface area contributed by atoms with Crippen LogP contribution in [0.25, 0.3) is 0 Å². The van der Waals surface area contributed by atoms with Crippen molar-refractivity contribution in [3.8, 4) is 0 Å². The van der Waals surface area contributed by atoms with Gasteiger partial charge in [-0.05, 0) is 25.7 Å². The molecular weight excluding hydrogens is 204 g/mol. The molecule has 17 heavy (non-hydrogen) atoms. The summed E-state index contributed by atoms with van der Waals surface area (Å²) in [4.78, 5) is 0. The molecule has 0 spiro atoms. The van der Waals surface area contributed by atoms with Gasteiger partial charge >= 0.3 is 0 Å². The van der Waals surface area contributed by atoms with Gasteiger partial charge < -0.3 is 0 Å². The van der Waals surface area contributed by atoms with E-state index in [1.165, 1.54) is 32.1 Å². The van der Waals surface area contributed by atoms with E-state index in [0.717, 1.165) is 12.8 Å². The minimum absolute atomic E-state index is 0.973. The predicted octanol–water partition coefficient (Wildman–Crippen LogP) is 5.80. The van der Waals surface area contributed by atoms with Crippen LogP contribution < -0.4 is 0 Å². The quantitative estimate of drug-likeness (QED) is 0.329. The highest BCUT2D eigenvalue weighted by Gasteiger charge is 1.82. The lowest BCUT2D eigenvalue weighted by Gasteiger charge is -1.92. The Hall–Kier alpha value is -1.04. The Balaban J connectivity index is 3.42. The Labute approximate surface area is 108 Å². The second-order valence-corrected chi connectivity index (χ2v) is 4.12. The third kappa shape index (κ3) is 15.0. The minimum atomic E-state index is 0.973. The first-order valence-electron chi connectivity index (χ1n) is 6.86. The van der Waals surface area contributed by atoms with Crippen LogP contribution in [0.15, 0.2) is 48.6 Å². The monoisotopic (exact) mass is 231 g/mol. The molecule has 0 aromatic heterocycles. The van der Waals surface area contributed by atoms with Crippen LogP contribution in [0.3, 0.4) is 0 Å². The maximum Gasteiger partial charge on any atom is -0.0348 e. The van der Waals surface area contributed by atoms with Crippen LogP contribution in [0.1, 0.15) is 51.9 Å². The summed E-state index contributed by atoms with van der Waals surface area (Å²) in [5.41, 5.74) is 0. The summed E-state index contributed by atoms with van der Waals surface area (Å²) in [6.07, 6.45) is 25.5. The highest BCUT2D eigenvalue weighted by molar-refractivity contribution is 5.15. The molecule has 0 rings (SSSR count). The van der Waals surface area contributed by atoms with Gasteiger partial charge in [-0.25, -0.2) is 0 Å². The van der Waals surface area contributed by atoms with E-state index in [2.05, 4.69) is 62.5 Å². The average molecular weight is 231 g/mol. The predicted molar refractivity (Wildman–Crippen MR) is 79.9 cm³/mol. The Kier molecular flexibility index (Phi) is 14.0. The third-order valence-corrected chi connectivity index (χ3v) is 2.42. The van der Waals surface area contributed by atoms with E-state index in [0.29, 0.717) is 0 Å². The molecule has 0 atom stereocenters. The molecule has 0 aromatic carbocycles. The average Bonchev–Trinajstić information content (AvgIpc) is 2.35. The van der Waals surface area contributed by atoms with E-state index < -0.39 is 0 Å². The van der Waals surface area contributed by atoms with E-state index in [1.807, 2.05) is 0 Å². The molecule has 0 aliphatic carbocycles. The van der Waals surface area contributed by atoms with Gasteiger partial charge in [0.2, 0.25) is 0 Å². The zero-order chi connectivity index (χ0) is 12.6. The number of unbranched alkanes of at least 4 members (excludes halogenated alkanes) is 5. The molecule has 0 aliphatic heterocycles. The van der Waals surface area contributed by atoms with Gasteiger partial charge in [-0.15, -0.1) is 0 Å². The van der Waals surface area contributed by atoms with Crippen LogP contribution in [0, 0.1) is 6.92 Å². The van der Waals surface area contributed by atoms with Crippen molar-refractivity contribution >= 4 is 0 Å². The molecule has 0 nitrogen and oxygen atoms in total. The standard InChI is InChI=1S/C17H27/c1-3-5-7-9-11-13-15-17-16-14-12-10-8-6-4-2/h7,9,11,13-17H,1,3-6,8,10,12H2,2H3/b9-7+,13-11+,16-14+,17-15+. The molecule has 0 heteroatoms. The van der Waals surface area contributed by atoms with Crippen molar-refractivity contribution < 1.29 is 0 Å². The zero-order valence-corrected chi connectivity index (χ0v) is 11.3. The van der Waals surface area contributed by atoms with Gasteiger partial charge in [-0.2, -0.15) is 0 Å². The summed E-state index contributed by atoms with van der Waals surface area (Å²) in [6.45, 7) is 6.03. The van der Waals surface area contributed by atoms with Gasteiger partial charge in [0.05, 0.1) is 0 Å². The normalized spacial score (nSPS) is 12.8. The van der Waals surface area contributed by atoms with E-state index in [1.54, 1.807) is 0 Å². The minimum Gasteiger partial charge on any atom is -0.0845 e. The van der Waals surface area contributed by atoms with Crippen molar-refractivity contribution in [1.29, 1.82) is 0 Å². The fourth-order valence-corrected chi connectivity index (χ4v) is 1.41. The lowest BCUT2D eigenvalue weighted by Crippen LogP contribution is -1.72. The number of hydrogen-bond donors (Lipinski definition) is 0. The van der Waals surface area contributed by atoms with Crippen molar-refractivity contribution in [3.05, 3.63) is 55.5 Å². The largest absolute Gasteiger partial charge is 0.0845 e. The molecule has 0 fully saturated rings. The highest BCUT2D eigenvalue weighted by atomic mass is 13.9. The summed E-state index contributed by atoms with van der Waals surface area (Å²) >= 11 is 0. The molecule has 0 saturated carbocycles. The topological polar surface area (TPSA) is 0 Å². The summed E-state index contributed by atoms with van der Waals surface area (Å²) in [5, 5.41) is 0. The van der Waals surface area contributed by atoms with E-state index in [-0.39, 0.29) is 0 Å². The summed E-state index contributed by atoms with van der Waals surface area (Å²) < 4.78 is 0. The van der Waals surface area contributed by atoms with Crippen molar-refractivity contribution in [3.63, 3.8) is 0 Å². The first kappa shape index (κ1) is 16.0. The molecule has 0 amide bonds. The lowest BCUT2D eigenvalue weighted by atomic mass is 10.1. The summed E-state index contributed by atoms with van der Waals surface area (Å²) in [6, 6.07) is 0. The van der Waals surface area contributed by atoms with Gasteiger partial charge in [0.15, 0.2) is 0 Å². The molecule has 0 saturated heterocycles. The maximum atomic E-state index is 3.78. The lowest BCUT2D eigenvalue weighted by molar-refractivity contribution is 0.674. The molecule has 0 N–H and O–H groups in total. The van der Waals surface area contributed by atoms with Crippen LogP contribution in [0.4, 0.5) is 0 Å². The smallest absolute Gasteiger partial charge is 0.0348 e. The SMILES string of the molecule is [CH2]CC/C=C/C=C/C=C/C=C/CCCCCC. The van der Waals surface area contributed by atoms with E-state index in [9.17, 15) is 0 Å². The Morgan fingerprint density at radius 2 is 1.29 bits per heavy atom. The molecule has 0 bridgehead atoms. The molecular formula is C17H27. The summed E-state index contributed by atoms with van der Waals surface area (Å²) in [7, 11) is 0. The molecule has 0 unspecified atom stereocenters. The molecule has 0 aromatic rings. The second-order valence-electron chi connectivity index (χ2n) is 4.12. The maximum absolute atomic E-state index is 3.78. The molecule has 0 aliphatic rings. The fourth-order valence-electron chi connectivity index (χ4n) is 1.41. The van der Waals surface area contributed by atoms with Crippen molar-refractivity contribution in [2.75, 3.05) is 0 Å². The fraction of sp³-hybridized carbons (Fsp3) is 0.471. The van der Waals surface area contributed by atoms with Crippen molar-refractivity contribution in [2.24, 2.45) is 0 Å². The van der Waals surface area contributed by atoms with E-state index >= 15 is 0 Å². The molecule has 0 heterocycles. The Morgan fingerprint density at radius 1 is 0.706 bits per heavy atom. The highest BCUT2D eigenvalue weighted by Crippen LogP contribution is 2.02. The van der Waals surface area contributed by atoms with Crippen LogP contribution in [0.5, 0.6) is 0 Å². The van der Waals surface area contributed by atoms with Crippen LogP contribution in [-0.4, -0.2) is 0 Å².